The third-order valence-corrected chi connectivity index (χ3v) is 3.77. The van der Waals surface area contributed by atoms with E-state index < -0.39 is 11.8 Å². The van der Waals surface area contributed by atoms with Crippen LogP contribution in [0.5, 0.6) is 0 Å². The molecule has 0 aliphatic rings. The van der Waals surface area contributed by atoms with E-state index in [2.05, 4.69) is 5.32 Å². The normalized spacial score (nSPS) is 10.8. The topological polar surface area (TPSA) is 73.5 Å². The summed E-state index contributed by atoms with van der Waals surface area (Å²) in [6, 6.07) is 6.07. The van der Waals surface area contributed by atoms with Crippen molar-refractivity contribution in [3.05, 3.63) is 57.8 Å². The number of nitrogens with one attached hydrogen (secondary N) is 1. The van der Waals surface area contributed by atoms with Gasteiger partial charge < -0.3 is 14.5 Å². The Balaban J connectivity index is 2.27. The lowest BCUT2D eigenvalue weighted by molar-refractivity contribution is 0.0602. The number of halogens is 1. The predicted molar refractivity (Wildman–Crippen MR) is 87.2 cm³/mol. The van der Waals surface area contributed by atoms with Crippen LogP contribution in [0.15, 0.2) is 39.7 Å². The Morgan fingerprint density at radius 1 is 1.33 bits per heavy atom. The second-order valence-corrected chi connectivity index (χ2v) is 5.35. The Morgan fingerprint density at radius 3 is 2.75 bits per heavy atom. The number of benzene rings is 1. The number of methoxy groups -OCH3 is 1. The highest BCUT2D eigenvalue weighted by Crippen LogP contribution is 2.28. The van der Waals surface area contributed by atoms with Crippen molar-refractivity contribution in [2.24, 2.45) is 7.05 Å². The van der Waals surface area contributed by atoms with Crippen LogP contribution in [-0.4, -0.2) is 17.6 Å². The zero-order valence-corrected chi connectivity index (χ0v) is 13.3. The van der Waals surface area contributed by atoms with Crippen LogP contribution in [0, 0.1) is 12.7 Å². The number of aromatic nitrogens is 1. The van der Waals surface area contributed by atoms with E-state index in [1.54, 1.807) is 13.0 Å². The van der Waals surface area contributed by atoms with Gasteiger partial charge in [0.15, 0.2) is 5.58 Å². The Labute approximate surface area is 136 Å². The van der Waals surface area contributed by atoms with Crippen LogP contribution in [0.4, 0.5) is 15.9 Å². The number of hydrogen-bond donors (Lipinski definition) is 1. The molecule has 7 heteroatoms. The number of ether oxygens (including phenoxy) is 1. The first-order chi connectivity index (χ1) is 11.4. The van der Waals surface area contributed by atoms with E-state index in [9.17, 15) is 14.0 Å². The fourth-order valence-corrected chi connectivity index (χ4v) is 2.52. The van der Waals surface area contributed by atoms with Crippen LogP contribution in [-0.2, 0) is 11.8 Å². The number of pyridine rings is 1. The van der Waals surface area contributed by atoms with Gasteiger partial charge in [0.05, 0.1) is 24.4 Å². The number of rotatable bonds is 3. The average Bonchev–Trinajstić information content (AvgIpc) is 3.03. The molecule has 24 heavy (non-hydrogen) atoms. The number of anilines is 2. The molecule has 6 nitrogen and oxygen atoms in total. The number of nitrogens with zero attached hydrogens (tertiary/aromatic N) is 1. The monoisotopic (exact) mass is 330 g/mol. The molecule has 3 rings (SSSR count). The van der Waals surface area contributed by atoms with Gasteiger partial charge in [-0.3, -0.25) is 9.36 Å². The molecule has 1 aromatic carbocycles. The van der Waals surface area contributed by atoms with Gasteiger partial charge in [0, 0.05) is 7.05 Å². The van der Waals surface area contributed by atoms with Gasteiger partial charge in [-0.05, 0) is 30.7 Å². The van der Waals surface area contributed by atoms with Crippen molar-refractivity contribution in [3.63, 3.8) is 0 Å². The zero-order chi connectivity index (χ0) is 17.4. The molecule has 2 aromatic heterocycles. The SMILES string of the molecule is COC(=O)c1c(Nc2ccc(C)cc2F)n(C)c(=O)c2ccoc12. The van der Waals surface area contributed by atoms with Crippen molar-refractivity contribution >= 4 is 28.4 Å². The van der Waals surface area contributed by atoms with E-state index in [4.69, 9.17) is 9.15 Å². The number of fused-ring (bicyclic) bond motifs is 1. The van der Waals surface area contributed by atoms with Gasteiger partial charge in [-0.15, -0.1) is 0 Å². The van der Waals surface area contributed by atoms with Gasteiger partial charge in [-0.1, -0.05) is 6.07 Å². The first-order valence-corrected chi connectivity index (χ1v) is 7.15. The average molecular weight is 330 g/mol. The molecule has 1 N–H and O–H groups in total. The fraction of sp³-hybridized carbons (Fsp3) is 0.176. The van der Waals surface area contributed by atoms with Crippen molar-refractivity contribution in [1.29, 1.82) is 0 Å². The van der Waals surface area contributed by atoms with Crippen molar-refractivity contribution in [2.45, 2.75) is 6.92 Å². The first kappa shape index (κ1) is 15.8. The summed E-state index contributed by atoms with van der Waals surface area (Å²) in [5.74, 6) is -1.10. The first-order valence-electron chi connectivity index (χ1n) is 7.15. The van der Waals surface area contributed by atoms with E-state index in [1.807, 2.05) is 0 Å². The van der Waals surface area contributed by atoms with Crippen LogP contribution in [0.2, 0.25) is 0 Å². The molecule has 0 saturated carbocycles. The van der Waals surface area contributed by atoms with Gasteiger partial charge in [-0.2, -0.15) is 0 Å². The molecule has 0 aliphatic heterocycles. The molecule has 0 unspecified atom stereocenters. The molecule has 124 valence electrons. The largest absolute Gasteiger partial charge is 0.465 e. The molecule has 0 saturated heterocycles. The molecule has 0 radical (unpaired) electrons. The Morgan fingerprint density at radius 2 is 2.08 bits per heavy atom. The Hall–Kier alpha value is -3.09. The number of hydrogen-bond acceptors (Lipinski definition) is 5. The van der Waals surface area contributed by atoms with E-state index in [0.717, 1.165) is 5.56 Å². The molecule has 0 aliphatic carbocycles. The van der Waals surface area contributed by atoms with Gasteiger partial charge in [0.1, 0.15) is 17.2 Å². The van der Waals surface area contributed by atoms with E-state index in [-0.39, 0.29) is 33.6 Å². The lowest BCUT2D eigenvalue weighted by atomic mass is 10.1. The number of carbonyl (C=O) groups excluding carboxylic acids is 1. The van der Waals surface area contributed by atoms with Gasteiger partial charge in [-0.25, -0.2) is 9.18 Å². The van der Waals surface area contributed by atoms with Crippen molar-refractivity contribution in [3.8, 4) is 0 Å². The van der Waals surface area contributed by atoms with E-state index in [0.29, 0.717) is 0 Å². The molecule has 0 fully saturated rings. The van der Waals surface area contributed by atoms with Crippen molar-refractivity contribution in [1.82, 2.24) is 4.57 Å². The molecular weight excluding hydrogens is 315 g/mol. The van der Waals surface area contributed by atoms with Gasteiger partial charge in [0.2, 0.25) is 0 Å². The number of esters is 1. The summed E-state index contributed by atoms with van der Waals surface area (Å²) in [6.45, 7) is 1.76. The van der Waals surface area contributed by atoms with Crippen LogP contribution in [0.1, 0.15) is 15.9 Å². The zero-order valence-electron chi connectivity index (χ0n) is 13.3. The second-order valence-electron chi connectivity index (χ2n) is 5.35. The highest BCUT2D eigenvalue weighted by molar-refractivity contribution is 6.06. The molecule has 0 amide bonds. The van der Waals surface area contributed by atoms with Crippen LogP contribution < -0.4 is 10.9 Å². The van der Waals surface area contributed by atoms with Crippen LogP contribution in [0.25, 0.3) is 11.0 Å². The summed E-state index contributed by atoms with van der Waals surface area (Å²) in [5, 5.41) is 3.04. The number of carbonyl (C=O) groups is 1. The maximum Gasteiger partial charge on any atom is 0.345 e. The molecule has 3 aromatic rings. The fourth-order valence-electron chi connectivity index (χ4n) is 2.52. The summed E-state index contributed by atoms with van der Waals surface area (Å²) in [6.07, 6.45) is 1.31. The van der Waals surface area contributed by atoms with Crippen molar-refractivity contribution < 1.29 is 18.3 Å². The number of aryl methyl sites for hydroxylation is 1. The predicted octanol–water partition coefficient (Wildman–Crippen LogP) is 3.11. The quantitative estimate of drug-likeness (QED) is 0.747. The minimum Gasteiger partial charge on any atom is -0.465 e. The summed E-state index contributed by atoms with van der Waals surface area (Å²) >= 11 is 0. The molecule has 0 spiro atoms. The van der Waals surface area contributed by atoms with Crippen molar-refractivity contribution in [2.75, 3.05) is 12.4 Å². The minimum absolute atomic E-state index is 0.0274. The van der Waals surface area contributed by atoms with Gasteiger partial charge in [0.25, 0.3) is 5.56 Å². The number of furan rings is 1. The third-order valence-electron chi connectivity index (χ3n) is 3.77. The van der Waals surface area contributed by atoms with Crippen LogP contribution in [0.3, 0.4) is 0 Å². The standard InChI is InChI=1S/C17H15FN2O4/c1-9-4-5-12(11(18)8-9)19-15-13(17(22)23-3)14-10(6-7-24-14)16(21)20(15)2/h4-8,19H,1-3H3. The molecule has 2 heterocycles. The summed E-state index contributed by atoms with van der Waals surface area (Å²) in [7, 11) is 2.70. The Kier molecular flexibility index (Phi) is 3.84. The summed E-state index contributed by atoms with van der Waals surface area (Å²) in [5.41, 5.74) is 0.634. The third kappa shape index (κ3) is 2.44. The lowest BCUT2D eigenvalue weighted by Gasteiger charge is -2.16. The molecule has 0 atom stereocenters. The highest BCUT2D eigenvalue weighted by atomic mass is 19.1. The second kappa shape index (κ2) is 5.84. The molecule has 0 bridgehead atoms. The minimum atomic E-state index is -0.694. The summed E-state index contributed by atoms with van der Waals surface area (Å²) < 4.78 is 25.4. The summed E-state index contributed by atoms with van der Waals surface area (Å²) in [4.78, 5) is 24.6. The lowest BCUT2D eigenvalue weighted by Crippen LogP contribution is -2.23. The highest BCUT2D eigenvalue weighted by Gasteiger charge is 2.24. The molecular formula is C17H15FN2O4. The van der Waals surface area contributed by atoms with E-state index in [1.165, 1.54) is 43.2 Å². The Bertz CT molecular complexity index is 1000. The van der Waals surface area contributed by atoms with E-state index >= 15 is 0 Å². The maximum atomic E-state index is 14.1. The maximum absolute atomic E-state index is 14.1. The van der Waals surface area contributed by atoms with Crippen LogP contribution >= 0.6 is 0 Å². The smallest absolute Gasteiger partial charge is 0.345 e. The van der Waals surface area contributed by atoms with Gasteiger partial charge >= 0.3 is 5.97 Å².